The van der Waals surface area contributed by atoms with E-state index in [1.165, 1.54) is 23.2 Å². The lowest BCUT2D eigenvalue weighted by molar-refractivity contribution is -0.139. The summed E-state index contributed by atoms with van der Waals surface area (Å²) in [5.41, 5.74) is 1.25. The maximum absolute atomic E-state index is 10.6. The van der Waals surface area contributed by atoms with Crippen LogP contribution in [-0.2, 0) is 17.6 Å². The van der Waals surface area contributed by atoms with E-state index in [9.17, 15) is 4.79 Å². The molecule has 0 bridgehead atoms. The summed E-state index contributed by atoms with van der Waals surface area (Å²) in [6.07, 6.45) is 5.88. The Hall–Kier alpha value is -1.69. The minimum Gasteiger partial charge on any atom is -0.479 e. The number of carboxylic acid groups (broad SMARTS) is 1. The summed E-state index contributed by atoms with van der Waals surface area (Å²) in [7, 11) is 0. The van der Waals surface area contributed by atoms with E-state index in [-0.39, 0.29) is 6.61 Å². The number of hydrogen-bond acceptors (Lipinski definition) is 5. The van der Waals surface area contributed by atoms with Gasteiger partial charge in [0.2, 0.25) is 5.88 Å². The van der Waals surface area contributed by atoms with Crippen LogP contribution < -0.4 is 4.74 Å². The van der Waals surface area contributed by atoms with Crippen LogP contribution in [-0.4, -0.2) is 27.7 Å². The maximum Gasteiger partial charge on any atom is 0.341 e. The molecule has 0 amide bonds. The number of aromatic nitrogens is 2. The zero-order chi connectivity index (χ0) is 12.5. The largest absolute Gasteiger partial charge is 0.479 e. The Morgan fingerprint density at radius 2 is 2.22 bits per heavy atom. The third kappa shape index (κ3) is 1.92. The molecule has 0 spiro atoms. The summed E-state index contributed by atoms with van der Waals surface area (Å²) < 4.78 is 5.26. The summed E-state index contributed by atoms with van der Waals surface area (Å²) in [6, 6.07) is 0. The van der Waals surface area contributed by atoms with Gasteiger partial charge in [0.15, 0.2) is 6.61 Å². The Labute approximate surface area is 107 Å². The van der Waals surface area contributed by atoms with Crippen molar-refractivity contribution in [2.45, 2.75) is 25.7 Å². The van der Waals surface area contributed by atoms with Crippen LogP contribution in [0.2, 0.25) is 0 Å². The van der Waals surface area contributed by atoms with E-state index in [0.717, 1.165) is 29.5 Å². The second kappa shape index (κ2) is 4.53. The van der Waals surface area contributed by atoms with Crippen molar-refractivity contribution in [1.82, 2.24) is 9.97 Å². The second-order valence-electron chi connectivity index (χ2n) is 4.25. The normalized spacial score (nSPS) is 14.4. The molecule has 0 atom stereocenters. The van der Waals surface area contributed by atoms with Gasteiger partial charge in [-0.05, 0) is 31.2 Å². The van der Waals surface area contributed by atoms with Crippen LogP contribution in [0, 0.1) is 0 Å². The topological polar surface area (TPSA) is 72.3 Å². The van der Waals surface area contributed by atoms with Crippen molar-refractivity contribution in [3.05, 3.63) is 16.8 Å². The van der Waals surface area contributed by atoms with E-state index in [4.69, 9.17) is 9.84 Å². The van der Waals surface area contributed by atoms with E-state index in [0.29, 0.717) is 5.88 Å². The molecule has 0 fully saturated rings. The predicted octanol–water partition coefficient (Wildman–Crippen LogP) is 2.03. The van der Waals surface area contributed by atoms with Crippen molar-refractivity contribution >= 4 is 27.5 Å². The van der Waals surface area contributed by atoms with Gasteiger partial charge in [-0.1, -0.05) is 0 Å². The monoisotopic (exact) mass is 264 g/mol. The first-order chi connectivity index (χ1) is 8.75. The average molecular weight is 264 g/mol. The number of hydrogen-bond donors (Lipinski definition) is 1. The first kappa shape index (κ1) is 11.4. The minimum atomic E-state index is -0.995. The summed E-state index contributed by atoms with van der Waals surface area (Å²) in [5, 5.41) is 9.59. The molecule has 1 aliphatic carbocycles. The number of rotatable bonds is 3. The molecule has 6 heteroatoms. The van der Waals surface area contributed by atoms with Crippen LogP contribution >= 0.6 is 11.3 Å². The number of thiophene rings is 1. The molecule has 1 N–H and O–H groups in total. The van der Waals surface area contributed by atoms with Gasteiger partial charge in [0.1, 0.15) is 11.2 Å². The molecule has 0 aliphatic heterocycles. The highest BCUT2D eigenvalue weighted by Gasteiger charge is 2.20. The molecule has 18 heavy (non-hydrogen) atoms. The second-order valence-corrected chi connectivity index (χ2v) is 5.34. The zero-order valence-electron chi connectivity index (χ0n) is 9.68. The van der Waals surface area contributed by atoms with Crippen LogP contribution in [0.4, 0.5) is 0 Å². The fraction of sp³-hybridized carbons (Fsp3) is 0.417. The lowest BCUT2D eigenvalue weighted by Gasteiger charge is -2.11. The van der Waals surface area contributed by atoms with Gasteiger partial charge in [-0.15, -0.1) is 11.3 Å². The van der Waals surface area contributed by atoms with Gasteiger partial charge in [0.05, 0.1) is 5.39 Å². The van der Waals surface area contributed by atoms with Gasteiger partial charge in [-0.25, -0.2) is 14.8 Å². The molecule has 2 aromatic heterocycles. The van der Waals surface area contributed by atoms with Gasteiger partial charge < -0.3 is 9.84 Å². The predicted molar refractivity (Wildman–Crippen MR) is 67.2 cm³/mol. The number of aryl methyl sites for hydroxylation is 2. The summed E-state index contributed by atoms with van der Waals surface area (Å²) >= 11 is 1.67. The van der Waals surface area contributed by atoms with Gasteiger partial charge in [-0.3, -0.25) is 0 Å². The van der Waals surface area contributed by atoms with E-state index < -0.39 is 5.97 Å². The Balaban J connectivity index is 2.08. The number of ether oxygens (including phenoxy) is 1. The molecule has 2 heterocycles. The fourth-order valence-electron chi connectivity index (χ4n) is 2.30. The first-order valence-corrected chi connectivity index (χ1v) is 6.67. The molecule has 0 saturated heterocycles. The van der Waals surface area contributed by atoms with Crippen LogP contribution in [0.25, 0.3) is 10.2 Å². The van der Waals surface area contributed by atoms with Crippen LogP contribution in [0.1, 0.15) is 23.3 Å². The average Bonchev–Trinajstić information content (AvgIpc) is 2.75. The van der Waals surface area contributed by atoms with Crippen molar-refractivity contribution in [2.75, 3.05) is 6.61 Å². The van der Waals surface area contributed by atoms with Crippen LogP contribution in [0.15, 0.2) is 6.33 Å². The van der Waals surface area contributed by atoms with Crippen molar-refractivity contribution in [3.63, 3.8) is 0 Å². The SMILES string of the molecule is O=C(O)COc1ncnc2sc3c(c12)CCCC3. The molecule has 3 rings (SSSR count). The van der Waals surface area contributed by atoms with E-state index >= 15 is 0 Å². The first-order valence-electron chi connectivity index (χ1n) is 5.85. The minimum absolute atomic E-state index is 0.364. The Morgan fingerprint density at radius 1 is 1.39 bits per heavy atom. The number of carboxylic acids is 1. The molecule has 0 saturated carbocycles. The van der Waals surface area contributed by atoms with E-state index in [2.05, 4.69) is 9.97 Å². The highest BCUT2D eigenvalue weighted by molar-refractivity contribution is 7.18. The lowest BCUT2D eigenvalue weighted by atomic mass is 9.97. The highest BCUT2D eigenvalue weighted by atomic mass is 32.1. The third-order valence-corrected chi connectivity index (χ3v) is 4.25. The smallest absolute Gasteiger partial charge is 0.341 e. The molecule has 0 aromatic carbocycles. The summed E-state index contributed by atoms with van der Waals surface area (Å²) in [4.78, 5) is 21.1. The van der Waals surface area contributed by atoms with Gasteiger partial charge >= 0.3 is 5.97 Å². The Morgan fingerprint density at radius 3 is 3.06 bits per heavy atom. The summed E-state index contributed by atoms with van der Waals surface area (Å²) in [5.74, 6) is -0.590. The summed E-state index contributed by atoms with van der Waals surface area (Å²) in [6.45, 7) is -0.364. The maximum atomic E-state index is 10.6. The molecule has 2 aromatic rings. The molecule has 0 radical (unpaired) electrons. The van der Waals surface area contributed by atoms with E-state index in [1.807, 2.05) is 0 Å². The van der Waals surface area contributed by atoms with Crippen molar-refractivity contribution in [2.24, 2.45) is 0 Å². The molecule has 0 unspecified atom stereocenters. The Kier molecular flexibility index (Phi) is 2.87. The van der Waals surface area contributed by atoms with Crippen molar-refractivity contribution in [1.29, 1.82) is 0 Å². The van der Waals surface area contributed by atoms with Crippen molar-refractivity contribution in [3.8, 4) is 5.88 Å². The van der Waals surface area contributed by atoms with Crippen molar-refractivity contribution < 1.29 is 14.6 Å². The van der Waals surface area contributed by atoms with Crippen LogP contribution in [0.3, 0.4) is 0 Å². The quantitative estimate of drug-likeness (QED) is 0.918. The van der Waals surface area contributed by atoms with Gasteiger partial charge in [0.25, 0.3) is 0 Å². The van der Waals surface area contributed by atoms with Crippen LogP contribution in [0.5, 0.6) is 5.88 Å². The number of aliphatic carboxylic acids is 1. The highest BCUT2D eigenvalue weighted by Crippen LogP contribution is 2.38. The fourth-order valence-corrected chi connectivity index (χ4v) is 3.52. The molecule has 94 valence electrons. The number of fused-ring (bicyclic) bond motifs is 3. The van der Waals surface area contributed by atoms with E-state index in [1.54, 1.807) is 11.3 Å². The van der Waals surface area contributed by atoms with Gasteiger partial charge in [0, 0.05) is 4.88 Å². The Bertz CT molecular complexity index is 609. The van der Waals surface area contributed by atoms with Gasteiger partial charge in [-0.2, -0.15) is 0 Å². The molecular formula is C12H12N2O3S. The molecule has 1 aliphatic rings. The molecular weight excluding hydrogens is 252 g/mol. The standard InChI is InChI=1S/C12H12N2O3S/c15-9(16)5-17-11-10-7-3-1-2-4-8(7)18-12(10)14-6-13-11/h6H,1-5H2,(H,15,16). The zero-order valence-corrected chi connectivity index (χ0v) is 10.5. The lowest BCUT2D eigenvalue weighted by Crippen LogP contribution is -2.11. The number of nitrogens with zero attached hydrogens (tertiary/aromatic N) is 2. The third-order valence-electron chi connectivity index (χ3n) is 3.05. The number of carbonyl (C=O) groups is 1. The molecule has 5 nitrogen and oxygen atoms in total.